The first-order chi connectivity index (χ1) is 12.0. The predicted molar refractivity (Wildman–Crippen MR) is 97.2 cm³/mol. The van der Waals surface area contributed by atoms with Crippen molar-refractivity contribution in [2.75, 3.05) is 43.4 Å². The smallest absolute Gasteiger partial charge is 0.353 e. The molecule has 1 aromatic carbocycles. The number of nitrogens with one attached hydrogen (secondary N) is 1. The Morgan fingerprint density at radius 2 is 1.88 bits per heavy atom. The number of hydrogen-bond donors (Lipinski definition) is 1. The molecule has 0 atom stereocenters. The maximum Gasteiger partial charge on any atom is 0.353 e. The molecule has 8 nitrogen and oxygen atoms in total. The largest absolute Gasteiger partial charge is 0.360 e. The summed E-state index contributed by atoms with van der Waals surface area (Å²) in [7, 11) is 2.03. The minimum atomic E-state index is -0.419. The third kappa shape index (κ3) is 4.15. The van der Waals surface area contributed by atoms with Crippen LogP contribution in [0.2, 0.25) is 5.02 Å². The van der Waals surface area contributed by atoms with Crippen LogP contribution >= 0.6 is 11.6 Å². The molecule has 1 aromatic heterocycles. The number of halogens is 1. The summed E-state index contributed by atoms with van der Waals surface area (Å²) < 4.78 is 0. The summed E-state index contributed by atoms with van der Waals surface area (Å²) in [6.45, 7) is 3.50. The van der Waals surface area contributed by atoms with E-state index in [0.717, 1.165) is 18.7 Å². The van der Waals surface area contributed by atoms with Gasteiger partial charge in [0.1, 0.15) is 6.33 Å². The molecule has 0 spiro atoms. The fourth-order valence-electron chi connectivity index (χ4n) is 2.70. The van der Waals surface area contributed by atoms with Crippen molar-refractivity contribution in [1.29, 1.82) is 0 Å². The van der Waals surface area contributed by atoms with Gasteiger partial charge in [-0.2, -0.15) is 0 Å². The fraction of sp³-hybridized carbons (Fsp3) is 0.375. The quantitative estimate of drug-likeness (QED) is 0.645. The van der Waals surface area contributed by atoms with Crippen LogP contribution in [0.3, 0.4) is 0 Å². The Hall–Kier alpha value is -2.45. The molecule has 1 aliphatic heterocycles. The summed E-state index contributed by atoms with van der Waals surface area (Å²) in [5.74, 6) is 0.593. The van der Waals surface area contributed by atoms with Crippen molar-refractivity contribution in [3.05, 3.63) is 51.3 Å². The molecule has 1 aliphatic rings. The lowest BCUT2D eigenvalue weighted by Crippen LogP contribution is -2.45. The SMILES string of the molecule is CN1CCN(c2ncnc(NCc3ccc(Cl)cc3)c2[N+](=O)[O-])CC1. The second-order valence-electron chi connectivity index (χ2n) is 5.92. The first-order valence-electron chi connectivity index (χ1n) is 7.96. The Labute approximate surface area is 150 Å². The molecule has 0 aliphatic carbocycles. The van der Waals surface area contributed by atoms with E-state index in [2.05, 4.69) is 20.2 Å². The Kier molecular flexibility index (Phi) is 5.30. The zero-order valence-corrected chi connectivity index (χ0v) is 14.6. The Morgan fingerprint density at radius 1 is 1.20 bits per heavy atom. The second-order valence-corrected chi connectivity index (χ2v) is 6.36. The molecule has 25 heavy (non-hydrogen) atoms. The normalized spacial score (nSPS) is 15.2. The van der Waals surface area contributed by atoms with E-state index in [1.165, 1.54) is 6.33 Å². The highest BCUT2D eigenvalue weighted by Gasteiger charge is 2.28. The van der Waals surface area contributed by atoms with Crippen molar-refractivity contribution < 1.29 is 4.92 Å². The first kappa shape index (κ1) is 17.4. The number of hydrogen-bond acceptors (Lipinski definition) is 7. The molecule has 1 saturated heterocycles. The van der Waals surface area contributed by atoms with Crippen LogP contribution in [0.4, 0.5) is 17.3 Å². The van der Waals surface area contributed by atoms with Crippen LogP contribution in [0.5, 0.6) is 0 Å². The van der Waals surface area contributed by atoms with Crippen LogP contribution in [-0.2, 0) is 6.54 Å². The van der Waals surface area contributed by atoms with Crippen LogP contribution in [0.15, 0.2) is 30.6 Å². The van der Waals surface area contributed by atoms with Crippen molar-refractivity contribution in [2.24, 2.45) is 0 Å². The molecular weight excluding hydrogens is 344 g/mol. The number of benzene rings is 1. The van der Waals surface area contributed by atoms with Crippen molar-refractivity contribution in [3.8, 4) is 0 Å². The summed E-state index contributed by atoms with van der Waals surface area (Å²) >= 11 is 5.87. The van der Waals surface area contributed by atoms with Crippen molar-refractivity contribution in [1.82, 2.24) is 14.9 Å². The van der Waals surface area contributed by atoms with Gasteiger partial charge in [0.2, 0.25) is 11.6 Å². The molecule has 0 saturated carbocycles. The summed E-state index contributed by atoms with van der Waals surface area (Å²) in [6, 6.07) is 7.29. The highest BCUT2D eigenvalue weighted by atomic mass is 35.5. The Morgan fingerprint density at radius 3 is 2.52 bits per heavy atom. The number of likely N-dealkylation sites (N-methyl/N-ethyl adjacent to an activating group) is 1. The van der Waals surface area contributed by atoms with Gasteiger partial charge in [-0.05, 0) is 24.7 Å². The topological polar surface area (TPSA) is 87.4 Å². The zero-order valence-electron chi connectivity index (χ0n) is 13.9. The predicted octanol–water partition coefficient (Wildman–Crippen LogP) is 2.40. The van der Waals surface area contributed by atoms with Gasteiger partial charge in [-0.15, -0.1) is 0 Å². The molecule has 1 N–H and O–H groups in total. The lowest BCUT2D eigenvalue weighted by atomic mass is 10.2. The number of nitro groups is 1. The lowest BCUT2D eigenvalue weighted by molar-refractivity contribution is -0.383. The summed E-state index contributed by atoms with van der Waals surface area (Å²) in [5, 5.41) is 15.3. The molecule has 132 valence electrons. The minimum Gasteiger partial charge on any atom is -0.360 e. The average molecular weight is 363 g/mol. The van der Waals surface area contributed by atoms with Gasteiger partial charge in [-0.25, -0.2) is 9.97 Å². The van der Waals surface area contributed by atoms with E-state index < -0.39 is 4.92 Å². The molecule has 0 bridgehead atoms. The summed E-state index contributed by atoms with van der Waals surface area (Å²) in [4.78, 5) is 23.6. The van der Waals surface area contributed by atoms with Crippen molar-refractivity contribution >= 4 is 28.9 Å². The molecule has 2 aromatic rings. The van der Waals surface area contributed by atoms with Crippen molar-refractivity contribution in [2.45, 2.75) is 6.54 Å². The molecule has 0 radical (unpaired) electrons. The van der Waals surface area contributed by atoms with Crippen LogP contribution in [0.1, 0.15) is 5.56 Å². The fourth-order valence-corrected chi connectivity index (χ4v) is 2.83. The van der Waals surface area contributed by atoms with E-state index >= 15 is 0 Å². The number of piperazine rings is 1. The maximum absolute atomic E-state index is 11.6. The van der Waals surface area contributed by atoms with Gasteiger partial charge >= 0.3 is 5.69 Å². The first-order valence-corrected chi connectivity index (χ1v) is 8.33. The maximum atomic E-state index is 11.6. The van der Waals surface area contributed by atoms with Crippen LogP contribution < -0.4 is 10.2 Å². The van der Waals surface area contributed by atoms with E-state index in [0.29, 0.717) is 30.5 Å². The number of aromatic nitrogens is 2. The molecule has 0 unspecified atom stereocenters. The van der Waals surface area contributed by atoms with Gasteiger partial charge in [-0.1, -0.05) is 23.7 Å². The highest BCUT2D eigenvalue weighted by Crippen LogP contribution is 2.32. The van der Waals surface area contributed by atoms with Gasteiger partial charge in [0.15, 0.2) is 0 Å². The van der Waals surface area contributed by atoms with Crippen LogP contribution in [-0.4, -0.2) is 53.0 Å². The Bertz CT molecular complexity index is 747. The lowest BCUT2D eigenvalue weighted by Gasteiger charge is -2.32. The van der Waals surface area contributed by atoms with Crippen LogP contribution in [0.25, 0.3) is 0 Å². The van der Waals surface area contributed by atoms with Gasteiger partial charge in [-0.3, -0.25) is 10.1 Å². The Balaban J connectivity index is 1.82. The van der Waals surface area contributed by atoms with Gasteiger partial charge < -0.3 is 15.1 Å². The third-order valence-electron chi connectivity index (χ3n) is 4.16. The van der Waals surface area contributed by atoms with E-state index in [-0.39, 0.29) is 11.5 Å². The van der Waals surface area contributed by atoms with E-state index in [4.69, 9.17) is 11.6 Å². The molecular formula is C16H19ClN6O2. The molecule has 3 rings (SSSR count). The molecule has 9 heteroatoms. The average Bonchev–Trinajstić information content (AvgIpc) is 2.61. The van der Waals surface area contributed by atoms with Gasteiger partial charge in [0, 0.05) is 37.7 Å². The van der Waals surface area contributed by atoms with Crippen molar-refractivity contribution in [3.63, 3.8) is 0 Å². The van der Waals surface area contributed by atoms with E-state index in [9.17, 15) is 10.1 Å². The summed E-state index contributed by atoms with van der Waals surface area (Å²) in [5.41, 5.74) is 0.875. The highest BCUT2D eigenvalue weighted by molar-refractivity contribution is 6.30. The standard InChI is InChI=1S/C16H19ClN6O2/c1-21-6-8-22(9-7-21)16-14(23(24)25)15(19-11-20-16)18-10-12-2-4-13(17)5-3-12/h2-5,11H,6-10H2,1H3,(H,18,19,20). The van der Waals surface area contributed by atoms with E-state index in [1.54, 1.807) is 12.1 Å². The molecule has 1 fully saturated rings. The van der Waals surface area contributed by atoms with Crippen LogP contribution in [0, 0.1) is 10.1 Å². The van der Waals surface area contributed by atoms with Gasteiger partial charge in [0.25, 0.3) is 0 Å². The number of anilines is 2. The monoisotopic (exact) mass is 362 g/mol. The summed E-state index contributed by atoms with van der Waals surface area (Å²) in [6.07, 6.45) is 1.37. The van der Waals surface area contributed by atoms with Gasteiger partial charge in [0.05, 0.1) is 4.92 Å². The third-order valence-corrected chi connectivity index (χ3v) is 4.41. The second kappa shape index (κ2) is 7.62. The number of rotatable bonds is 5. The zero-order chi connectivity index (χ0) is 17.8. The molecule has 2 heterocycles. The molecule has 0 amide bonds. The van der Waals surface area contributed by atoms with E-state index in [1.807, 2.05) is 24.1 Å². The number of nitrogens with zero attached hydrogens (tertiary/aromatic N) is 5. The minimum absolute atomic E-state index is 0.0824.